The molecule has 0 unspecified atom stereocenters. The van der Waals surface area contributed by atoms with E-state index in [9.17, 15) is 9.18 Å². The van der Waals surface area contributed by atoms with E-state index in [1.165, 1.54) is 17.0 Å². The average molecular weight is 331 g/mol. The van der Waals surface area contributed by atoms with Crippen LogP contribution in [0.5, 0.6) is 0 Å². The SMILES string of the molecule is O=c1c2cc(Cl)cc(F)c2ncn1Cc1nnsc1Cl. The second-order valence-corrected chi connectivity index (χ2v) is 5.75. The molecule has 0 aliphatic carbocycles. The summed E-state index contributed by atoms with van der Waals surface area (Å²) < 4.78 is 19.0. The zero-order valence-corrected chi connectivity index (χ0v) is 12.0. The molecule has 3 rings (SSSR count). The fraction of sp³-hybridized carbons (Fsp3) is 0.0909. The van der Waals surface area contributed by atoms with Gasteiger partial charge in [-0.1, -0.05) is 27.7 Å². The van der Waals surface area contributed by atoms with Crippen LogP contribution in [0.3, 0.4) is 0 Å². The minimum atomic E-state index is -0.634. The van der Waals surface area contributed by atoms with Crippen LogP contribution in [0.2, 0.25) is 9.36 Å². The van der Waals surface area contributed by atoms with Gasteiger partial charge in [-0.05, 0) is 12.1 Å². The molecule has 0 fully saturated rings. The molecular formula is C11H5Cl2FN4OS. The summed E-state index contributed by atoms with van der Waals surface area (Å²) in [4.78, 5) is 16.2. The first-order valence-corrected chi connectivity index (χ1v) is 6.90. The summed E-state index contributed by atoms with van der Waals surface area (Å²) in [7, 11) is 0. The minimum Gasteiger partial charge on any atom is -0.292 e. The van der Waals surface area contributed by atoms with Gasteiger partial charge in [0, 0.05) is 16.6 Å². The Morgan fingerprint density at radius 3 is 2.85 bits per heavy atom. The lowest BCUT2D eigenvalue weighted by Crippen LogP contribution is -2.21. The van der Waals surface area contributed by atoms with Crippen molar-refractivity contribution in [2.45, 2.75) is 6.54 Å². The molecule has 0 saturated carbocycles. The molecule has 5 nitrogen and oxygen atoms in total. The second-order valence-electron chi connectivity index (χ2n) is 3.95. The van der Waals surface area contributed by atoms with Crippen molar-refractivity contribution in [2.75, 3.05) is 0 Å². The van der Waals surface area contributed by atoms with Gasteiger partial charge in [0.1, 0.15) is 15.5 Å². The minimum absolute atomic E-state index is 0.0156. The largest absolute Gasteiger partial charge is 0.292 e. The van der Waals surface area contributed by atoms with Crippen LogP contribution in [-0.4, -0.2) is 19.1 Å². The number of nitrogens with zero attached hydrogens (tertiary/aromatic N) is 4. The Bertz CT molecular complexity index is 863. The molecular weight excluding hydrogens is 326 g/mol. The van der Waals surface area contributed by atoms with E-state index < -0.39 is 11.4 Å². The molecule has 9 heteroatoms. The van der Waals surface area contributed by atoms with Crippen molar-refractivity contribution in [3.05, 3.63) is 49.7 Å². The van der Waals surface area contributed by atoms with Crippen LogP contribution in [0.4, 0.5) is 4.39 Å². The third kappa shape index (κ3) is 2.28. The number of benzene rings is 1. The summed E-state index contributed by atoms with van der Waals surface area (Å²) >= 11 is 12.7. The van der Waals surface area contributed by atoms with E-state index in [2.05, 4.69) is 14.6 Å². The van der Waals surface area contributed by atoms with Gasteiger partial charge in [-0.3, -0.25) is 9.36 Å². The predicted molar refractivity (Wildman–Crippen MR) is 75.0 cm³/mol. The first-order valence-electron chi connectivity index (χ1n) is 5.37. The molecule has 0 amide bonds. The van der Waals surface area contributed by atoms with Gasteiger partial charge in [0.25, 0.3) is 5.56 Å². The lowest BCUT2D eigenvalue weighted by Gasteiger charge is -2.05. The lowest BCUT2D eigenvalue weighted by molar-refractivity contribution is 0.634. The van der Waals surface area contributed by atoms with E-state index in [0.717, 1.165) is 17.6 Å². The maximum Gasteiger partial charge on any atom is 0.261 e. The van der Waals surface area contributed by atoms with Crippen molar-refractivity contribution in [3.63, 3.8) is 0 Å². The maximum absolute atomic E-state index is 13.7. The zero-order valence-electron chi connectivity index (χ0n) is 9.68. The molecule has 0 bridgehead atoms. The molecule has 2 heterocycles. The van der Waals surface area contributed by atoms with E-state index in [0.29, 0.717) is 10.0 Å². The molecule has 3 aromatic rings. The third-order valence-electron chi connectivity index (χ3n) is 2.68. The molecule has 0 saturated heterocycles. The predicted octanol–water partition coefficient (Wildman–Crippen LogP) is 2.74. The highest BCUT2D eigenvalue weighted by atomic mass is 35.5. The van der Waals surface area contributed by atoms with Crippen LogP contribution in [0.1, 0.15) is 5.69 Å². The van der Waals surface area contributed by atoms with Crippen LogP contribution in [0.15, 0.2) is 23.3 Å². The first-order chi connectivity index (χ1) is 9.56. The van der Waals surface area contributed by atoms with Gasteiger partial charge in [-0.25, -0.2) is 9.37 Å². The molecule has 1 aromatic carbocycles. The molecule has 0 aliphatic rings. The monoisotopic (exact) mass is 330 g/mol. The lowest BCUT2D eigenvalue weighted by atomic mass is 10.2. The van der Waals surface area contributed by atoms with Gasteiger partial charge in [-0.15, -0.1) is 5.10 Å². The van der Waals surface area contributed by atoms with E-state index in [-0.39, 0.29) is 22.5 Å². The van der Waals surface area contributed by atoms with Gasteiger partial charge >= 0.3 is 0 Å². The van der Waals surface area contributed by atoms with Gasteiger partial charge in [0.2, 0.25) is 0 Å². The summed E-state index contributed by atoms with van der Waals surface area (Å²) in [6.45, 7) is 0.116. The summed E-state index contributed by atoms with van der Waals surface area (Å²) in [6.07, 6.45) is 1.25. The number of rotatable bonds is 2. The topological polar surface area (TPSA) is 60.7 Å². The number of aromatic nitrogens is 4. The molecule has 0 spiro atoms. The van der Waals surface area contributed by atoms with Crippen molar-refractivity contribution >= 4 is 45.6 Å². The second kappa shape index (κ2) is 5.08. The highest BCUT2D eigenvalue weighted by Gasteiger charge is 2.12. The van der Waals surface area contributed by atoms with Gasteiger partial charge in [0.05, 0.1) is 18.3 Å². The van der Waals surface area contributed by atoms with Gasteiger partial charge in [-0.2, -0.15) is 0 Å². The summed E-state index contributed by atoms with van der Waals surface area (Å²) in [5, 5.41) is 4.06. The van der Waals surface area contributed by atoms with Crippen LogP contribution in [0.25, 0.3) is 10.9 Å². The zero-order chi connectivity index (χ0) is 14.3. The quantitative estimate of drug-likeness (QED) is 0.724. The van der Waals surface area contributed by atoms with Gasteiger partial charge < -0.3 is 0 Å². The van der Waals surface area contributed by atoms with Crippen molar-refractivity contribution < 1.29 is 4.39 Å². The van der Waals surface area contributed by atoms with Crippen molar-refractivity contribution in [3.8, 4) is 0 Å². The van der Waals surface area contributed by atoms with Crippen molar-refractivity contribution in [1.29, 1.82) is 0 Å². The van der Waals surface area contributed by atoms with E-state index in [1.807, 2.05) is 0 Å². The molecule has 20 heavy (non-hydrogen) atoms. The number of hydrogen-bond donors (Lipinski definition) is 0. The summed E-state index contributed by atoms with van der Waals surface area (Å²) in [5.41, 5.74) is 0.0287. The first kappa shape index (κ1) is 13.4. The van der Waals surface area contributed by atoms with Crippen molar-refractivity contribution in [1.82, 2.24) is 19.1 Å². The molecule has 0 aliphatic heterocycles. The summed E-state index contributed by atoms with van der Waals surface area (Å²) in [5.74, 6) is -0.634. The number of hydrogen-bond acceptors (Lipinski definition) is 5. The standard InChI is InChI=1S/C11H5Cl2FN4OS/c12-5-1-6-9(7(14)2-5)15-4-18(11(6)19)3-8-10(13)20-17-16-8/h1-2,4H,3H2. The fourth-order valence-electron chi connectivity index (χ4n) is 1.76. The Morgan fingerprint density at radius 2 is 2.15 bits per heavy atom. The highest BCUT2D eigenvalue weighted by Crippen LogP contribution is 2.20. The van der Waals surface area contributed by atoms with Gasteiger partial charge in [0.15, 0.2) is 5.82 Å². The Balaban J connectivity index is 2.17. The van der Waals surface area contributed by atoms with Crippen LogP contribution in [0, 0.1) is 5.82 Å². The van der Waals surface area contributed by atoms with Crippen molar-refractivity contribution in [2.24, 2.45) is 0 Å². The summed E-state index contributed by atoms with van der Waals surface area (Å²) in [6, 6.07) is 2.49. The molecule has 0 atom stereocenters. The van der Waals surface area contributed by atoms with E-state index >= 15 is 0 Å². The Labute approximate surface area is 125 Å². The maximum atomic E-state index is 13.7. The van der Waals surface area contributed by atoms with Crippen LogP contribution in [-0.2, 0) is 6.54 Å². The highest BCUT2D eigenvalue weighted by molar-refractivity contribution is 7.10. The molecule has 0 radical (unpaired) electrons. The molecule has 0 N–H and O–H groups in total. The van der Waals surface area contributed by atoms with Crippen LogP contribution >= 0.6 is 34.7 Å². The Morgan fingerprint density at radius 1 is 1.35 bits per heavy atom. The normalized spacial score (nSPS) is 11.2. The van der Waals surface area contributed by atoms with E-state index in [1.54, 1.807) is 0 Å². The molecule has 102 valence electrons. The van der Waals surface area contributed by atoms with Crippen LogP contribution < -0.4 is 5.56 Å². The molecule has 2 aromatic heterocycles. The smallest absolute Gasteiger partial charge is 0.261 e. The Hall–Kier alpha value is -1.57. The average Bonchev–Trinajstić information content (AvgIpc) is 2.79. The van der Waals surface area contributed by atoms with E-state index in [4.69, 9.17) is 23.2 Å². The fourth-order valence-corrected chi connectivity index (χ4v) is 2.58. The number of halogens is 3. The number of fused-ring (bicyclic) bond motifs is 1. The Kier molecular flexibility index (Phi) is 3.41. The third-order valence-corrected chi connectivity index (χ3v) is 3.88.